The van der Waals surface area contributed by atoms with Gasteiger partial charge in [-0.3, -0.25) is 13.8 Å². The Morgan fingerprint density at radius 1 is 1.09 bits per heavy atom. The van der Waals surface area contributed by atoms with Crippen LogP contribution in [0.25, 0.3) is 11.1 Å². The smallest absolute Gasteiger partial charge is 0.307 e. The number of thioether (sulfide) groups is 1. The number of hydrogen-bond acceptors (Lipinski definition) is 4. The lowest BCUT2D eigenvalue weighted by molar-refractivity contribution is -0.136. The van der Waals surface area contributed by atoms with Crippen molar-refractivity contribution in [3.05, 3.63) is 54.1 Å². The number of carbonyl (C=O) groups is 2. The summed E-state index contributed by atoms with van der Waals surface area (Å²) in [7, 11) is -1.28. The monoisotopic (exact) mass is 348 g/mol. The Labute approximate surface area is 141 Å². The van der Waals surface area contributed by atoms with Gasteiger partial charge in [-0.15, -0.1) is 0 Å². The molecule has 2 aromatic carbocycles. The Morgan fingerprint density at radius 2 is 1.74 bits per heavy atom. The van der Waals surface area contributed by atoms with Crippen LogP contribution in [0.4, 0.5) is 0 Å². The molecular weight excluding hydrogens is 332 g/mol. The number of carboxylic acids is 1. The number of benzene rings is 2. The standard InChI is InChI=1S/C17H16O4S2/c1-12(18)22-11-23(21)16-5-3-2-4-15(16)14-8-6-13(7-9-14)10-17(19)20/h2-9H,10-11H2,1H3,(H,19,20). The van der Waals surface area contributed by atoms with Crippen molar-refractivity contribution in [1.82, 2.24) is 0 Å². The molecule has 6 heteroatoms. The molecule has 0 aliphatic rings. The Kier molecular flexibility index (Phi) is 6.12. The number of rotatable bonds is 6. The maximum absolute atomic E-state index is 12.4. The number of aliphatic carboxylic acids is 1. The van der Waals surface area contributed by atoms with Gasteiger partial charge in [0.15, 0.2) is 5.12 Å². The summed E-state index contributed by atoms with van der Waals surface area (Å²) in [6.07, 6.45) is -0.0247. The normalized spacial score (nSPS) is 11.9. The van der Waals surface area contributed by atoms with Crippen LogP contribution in [-0.4, -0.2) is 25.5 Å². The van der Waals surface area contributed by atoms with Crippen LogP contribution in [0.2, 0.25) is 0 Å². The average molecular weight is 348 g/mol. The quantitative estimate of drug-likeness (QED) is 0.867. The van der Waals surface area contributed by atoms with Crippen LogP contribution in [-0.2, 0) is 26.8 Å². The molecule has 120 valence electrons. The van der Waals surface area contributed by atoms with E-state index in [9.17, 15) is 13.8 Å². The molecule has 0 spiro atoms. The molecule has 0 aliphatic carbocycles. The highest BCUT2D eigenvalue weighted by Crippen LogP contribution is 2.28. The molecule has 1 N–H and O–H groups in total. The lowest BCUT2D eigenvalue weighted by Gasteiger charge is -2.09. The molecule has 0 bridgehead atoms. The molecule has 0 heterocycles. The van der Waals surface area contributed by atoms with Gasteiger partial charge in [0.05, 0.1) is 22.3 Å². The van der Waals surface area contributed by atoms with E-state index in [0.29, 0.717) is 10.5 Å². The molecule has 1 unspecified atom stereocenters. The van der Waals surface area contributed by atoms with Crippen LogP contribution in [0.1, 0.15) is 12.5 Å². The van der Waals surface area contributed by atoms with Gasteiger partial charge in [0.1, 0.15) is 0 Å². The van der Waals surface area contributed by atoms with E-state index < -0.39 is 16.8 Å². The summed E-state index contributed by atoms with van der Waals surface area (Å²) in [4.78, 5) is 22.4. The first-order valence-corrected chi connectivity index (χ1v) is 9.19. The topological polar surface area (TPSA) is 71.4 Å². The molecular formula is C17H16O4S2. The molecule has 0 amide bonds. The second-order valence-electron chi connectivity index (χ2n) is 4.86. The Balaban J connectivity index is 2.27. The van der Waals surface area contributed by atoms with Crippen molar-refractivity contribution in [2.45, 2.75) is 18.2 Å². The fraction of sp³-hybridized carbons (Fsp3) is 0.176. The maximum atomic E-state index is 12.4. The molecule has 0 fully saturated rings. The van der Waals surface area contributed by atoms with E-state index in [-0.39, 0.29) is 16.6 Å². The summed E-state index contributed by atoms with van der Waals surface area (Å²) in [6.45, 7) is 1.45. The Bertz CT molecular complexity index is 739. The van der Waals surface area contributed by atoms with Gasteiger partial charge in [-0.1, -0.05) is 54.2 Å². The van der Waals surface area contributed by atoms with Crippen LogP contribution >= 0.6 is 11.8 Å². The number of hydrogen-bond donors (Lipinski definition) is 1. The Morgan fingerprint density at radius 3 is 2.35 bits per heavy atom. The van der Waals surface area contributed by atoms with Gasteiger partial charge in [-0.25, -0.2) is 0 Å². The van der Waals surface area contributed by atoms with Crippen LogP contribution in [0, 0.1) is 0 Å². The van der Waals surface area contributed by atoms with E-state index in [4.69, 9.17) is 5.11 Å². The van der Waals surface area contributed by atoms with E-state index in [0.717, 1.165) is 22.9 Å². The van der Waals surface area contributed by atoms with Gasteiger partial charge in [0.25, 0.3) is 0 Å². The molecule has 2 aromatic rings. The second-order valence-corrected chi connectivity index (χ2v) is 7.80. The molecule has 0 saturated carbocycles. The number of carbonyl (C=O) groups excluding carboxylic acids is 1. The lowest BCUT2D eigenvalue weighted by atomic mass is 10.0. The van der Waals surface area contributed by atoms with Crippen molar-refractivity contribution in [2.75, 3.05) is 5.08 Å². The molecule has 0 aromatic heterocycles. The van der Waals surface area contributed by atoms with Gasteiger partial charge in [0, 0.05) is 11.8 Å². The highest BCUT2D eigenvalue weighted by Gasteiger charge is 2.12. The van der Waals surface area contributed by atoms with Crippen molar-refractivity contribution in [3.8, 4) is 11.1 Å². The van der Waals surface area contributed by atoms with Crippen molar-refractivity contribution >= 4 is 33.6 Å². The van der Waals surface area contributed by atoms with Crippen molar-refractivity contribution in [1.29, 1.82) is 0 Å². The summed E-state index contributed by atoms with van der Waals surface area (Å²) in [5.74, 6) is -0.875. The lowest BCUT2D eigenvalue weighted by Crippen LogP contribution is -2.01. The second kappa shape index (κ2) is 8.08. The molecule has 0 aliphatic heterocycles. The SMILES string of the molecule is CC(=O)SCS(=O)c1ccccc1-c1ccc(CC(=O)O)cc1. The van der Waals surface area contributed by atoms with Crippen LogP contribution in [0.5, 0.6) is 0 Å². The largest absolute Gasteiger partial charge is 0.481 e. The van der Waals surface area contributed by atoms with E-state index >= 15 is 0 Å². The minimum atomic E-state index is -1.28. The fourth-order valence-corrected chi connectivity index (χ4v) is 4.34. The summed E-state index contributed by atoms with van der Waals surface area (Å²) < 4.78 is 12.4. The molecule has 4 nitrogen and oxygen atoms in total. The predicted octanol–water partition coefficient (Wildman–Crippen LogP) is 3.33. The average Bonchev–Trinajstić information content (AvgIpc) is 2.53. The van der Waals surface area contributed by atoms with Gasteiger partial charge in [-0.2, -0.15) is 0 Å². The van der Waals surface area contributed by atoms with Crippen LogP contribution < -0.4 is 0 Å². The predicted molar refractivity (Wildman–Crippen MR) is 92.8 cm³/mol. The molecule has 2 rings (SSSR count). The summed E-state index contributed by atoms with van der Waals surface area (Å²) in [5.41, 5.74) is 2.42. The third-order valence-corrected chi connectivity index (χ3v) is 5.70. The third-order valence-electron chi connectivity index (χ3n) is 3.12. The van der Waals surface area contributed by atoms with Crippen molar-refractivity contribution in [2.24, 2.45) is 0 Å². The first kappa shape index (κ1) is 17.4. The first-order valence-electron chi connectivity index (χ1n) is 6.89. The van der Waals surface area contributed by atoms with Crippen molar-refractivity contribution < 1.29 is 18.9 Å². The van der Waals surface area contributed by atoms with E-state index in [2.05, 4.69) is 0 Å². The zero-order valence-corrected chi connectivity index (χ0v) is 14.2. The number of carboxylic acid groups (broad SMARTS) is 1. The summed E-state index contributed by atoms with van der Waals surface area (Å²) in [5, 5.41) is 8.97. The summed E-state index contributed by atoms with van der Waals surface area (Å²) >= 11 is 1.04. The van der Waals surface area contributed by atoms with E-state index in [1.807, 2.05) is 30.3 Å². The van der Waals surface area contributed by atoms with Gasteiger partial charge in [0.2, 0.25) is 0 Å². The minimum absolute atomic E-state index is 0.0247. The van der Waals surface area contributed by atoms with E-state index in [1.165, 1.54) is 6.92 Å². The minimum Gasteiger partial charge on any atom is -0.481 e. The highest BCUT2D eigenvalue weighted by molar-refractivity contribution is 8.20. The van der Waals surface area contributed by atoms with Crippen molar-refractivity contribution in [3.63, 3.8) is 0 Å². The molecule has 0 saturated heterocycles. The Hall–Kier alpha value is -1.92. The highest BCUT2D eigenvalue weighted by atomic mass is 32.2. The van der Waals surface area contributed by atoms with Gasteiger partial charge < -0.3 is 5.11 Å². The summed E-state index contributed by atoms with van der Waals surface area (Å²) in [6, 6.07) is 14.5. The van der Waals surface area contributed by atoms with Crippen LogP contribution in [0.15, 0.2) is 53.4 Å². The molecule has 1 atom stereocenters. The van der Waals surface area contributed by atoms with Gasteiger partial charge in [-0.05, 0) is 22.8 Å². The maximum Gasteiger partial charge on any atom is 0.307 e. The zero-order valence-electron chi connectivity index (χ0n) is 12.5. The zero-order chi connectivity index (χ0) is 16.8. The third kappa shape index (κ3) is 5.04. The molecule has 0 radical (unpaired) electrons. The van der Waals surface area contributed by atoms with Gasteiger partial charge >= 0.3 is 5.97 Å². The molecule has 23 heavy (non-hydrogen) atoms. The van der Waals surface area contributed by atoms with Crippen LogP contribution in [0.3, 0.4) is 0 Å². The first-order chi connectivity index (χ1) is 11.0. The fourth-order valence-electron chi connectivity index (χ4n) is 2.08. The van der Waals surface area contributed by atoms with E-state index in [1.54, 1.807) is 18.2 Å².